The summed E-state index contributed by atoms with van der Waals surface area (Å²) in [6, 6.07) is 19.8. The maximum atomic E-state index is 13.0. The number of benzene rings is 3. The molecule has 1 N–H and O–H groups in total. The van der Waals surface area contributed by atoms with Crippen molar-refractivity contribution in [1.29, 1.82) is 0 Å². The number of rotatable bonds is 6. The molecule has 0 aliphatic heterocycles. The molecule has 3 aromatic rings. The zero-order valence-electron chi connectivity index (χ0n) is 17.4. The summed E-state index contributed by atoms with van der Waals surface area (Å²) >= 11 is 0. The molecule has 162 valence electrons. The van der Waals surface area contributed by atoms with Crippen LogP contribution in [0.1, 0.15) is 15.9 Å². The largest absolute Gasteiger partial charge is 0.497 e. The molecule has 7 nitrogen and oxygen atoms in total. The number of anilines is 1. The van der Waals surface area contributed by atoms with Crippen LogP contribution in [-0.2, 0) is 10.0 Å². The minimum atomic E-state index is -4.02. The van der Waals surface area contributed by atoms with E-state index in [9.17, 15) is 13.2 Å². The van der Waals surface area contributed by atoms with E-state index in [1.165, 1.54) is 25.3 Å². The number of Topliss-reactive ketones (excluding diaryl/α,β-unsaturated/α-hetero) is 1. The van der Waals surface area contributed by atoms with Crippen molar-refractivity contribution < 1.29 is 22.7 Å². The second-order valence-electron chi connectivity index (χ2n) is 6.91. The summed E-state index contributed by atoms with van der Waals surface area (Å²) in [4.78, 5) is 13.0. The number of carbonyl (C=O) groups excluding carboxylic acids is 1. The first-order valence-electron chi connectivity index (χ1n) is 9.67. The average molecular weight is 449 g/mol. The highest BCUT2D eigenvalue weighted by molar-refractivity contribution is 7.90. The van der Waals surface area contributed by atoms with E-state index in [-0.39, 0.29) is 22.1 Å². The maximum Gasteiger partial charge on any atom is 0.282 e. The highest BCUT2D eigenvalue weighted by Gasteiger charge is 2.26. The highest BCUT2D eigenvalue weighted by atomic mass is 32.2. The minimum Gasteiger partial charge on any atom is -0.497 e. The van der Waals surface area contributed by atoms with Gasteiger partial charge in [-0.25, -0.2) is 0 Å². The van der Waals surface area contributed by atoms with Crippen LogP contribution in [0.3, 0.4) is 0 Å². The van der Waals surface area contributed by atoms with Crippen molar-refractivity contribution in [2.45, 2.75) is 4.90 Å². The van der Waals surface area contributed by atoms with Gasteiger partial charge in [-0.2, -0.15) is 12.8 Å². The van der Waals surface area contributed by atoms with Gasteiger partial charge < -0.3 is 14.8 Å². The van der Waals surface area contributed by atoms with Gasteiger partial charge in [0, 0.05) is 16.8 Å². The average Bonchev–Trinajstić information content (AvgIpc) is 2.82. The second kappa shape index (κ2) is 8.68. The van der Waals surface area contributed by atoms with E-state index in [0.29, 0.717) is 28.3 Å². The first-order chi connectivity index (χ1) is 15.4. The summed E-state index contributed by atoms with van der Waals surface area (Å²) in [5.74, 6) is 0.964. The van der Waals surface area contributed by atoms with E-state index in [0.717, 1.165) is 0 Å². The topological polar surface area (TPSA) is 94.1 Å². The monoisotopic (exact) mass is 448 g/mol. The van der Waals surface area contributed by atoms with Gasteiger partial charge in [-0.3, -0.25) is 4.79 Å². The lowest BCUT2D eigenvalue weighted by atomic mass is 9.92. The molecular formula is C24H20N2O5S. The first-order valence-corrected chi connectivity index (χ1v) is 11.1. The molecule has 0 atom stereocenters. The number of fused-ring (bicyclic) bond motifs is 1. The SMILES string of the molecule is COc1ccc(NC2=C/C(=N/S(=O)(=O)c3ccc(OC)cc3)c3ccccc3C2=O)cc1. The van der Waals surface area contributed by atoms with Crippen LogP contribution >= 0.6 is 0 Å². The van der Waals surface area contributed by atoms with Crippen molar-refractivity contribution in [1.82, 2.24) is 0 Å². The standard InChI is InChI=1S/C24H20N2O5S/c1-30-17-9-7-16(8-10-17)25-23-15-22(20-5-3-4-6-21(20)24(23)27)26-32(28,29)19-13-11-18(31-2)12-14-19/h3-15,25H,1-2H3/b26-22-. The number of hydrogen-bond acceptors (Lipinski definition) is 6. The highest BCUT2D eigenvalue weighted by Crippen LogP contribution is 2.26. The number of nitrogens with zero attached hydrogens (tertiary/aromatic N) is 1. The number of allylic oxidation sites excluding steroid dienone is 2. The van der Waals surface area contributed by atoms with Gasteiger partial charge in [0.05, 0.1) is 30.5 Å². The number of nitrogens with one attached hydrogen (secondary N) is 1. The molecule has 0 saturated heterocycles. The maximum absolute atomic E-state index is 13.0. The van der Waals surface area contributed by atoms with E-state index in [2.05, 4.69) is 9.71 Å². The Kier molecular flexibility index (Phi) is 5.79. The van der Waals surface area contributed by atoms with Gasteiger partial charge in [0.2, 0.25) is 5.78 Å². The predicted octanol–water partition coefficient (Wildman–Crippen LogP) is 4.07. The summed E-state index contributed by atoms with van der Waals surface area (Å²) in [6.07, 6.45) is 1.45. The zero-order valence-corrected chi connectivity index (χ0v) is 18.2. The predicted molar refractivity (Wildman–Crippen MR) is 122 cm³/mol. The van der Waals surface area contributed by atoms with E-state index in [1.807, 2.05) is 0 Å². The molecule has 0 spiro atoms. The molecule has 0 amide bonds. The van der Waals surface area contributed by atoms with Gasteiger partial charge >= 0.3 is 0 Å². The zero-order chi connectivity index (χ0) is 22.7. The van der Waals surface area contributed by atoms with Crippen molar-refractivity contribution in [2.75, 3.05) is 19.5 Å². The van der Waals surface area contributed by atoms with Crippen molar-refractivity contribution in [3.05, 3.63) is 95.7 Å². The van der Waals surface area contributed by atoms with Crippen molar-refractivity contribution >= 4 is 27.2 Å². The molecule has 1 aliphatic carbocycles. The molecule has 1 aliphatic rings. The third-order valence-corrected chi connectivity index (χ3v) is 6.22. The Bertz CT molecular complexity index is 1330. The van der Waals surface area contributed by atoms with Crippen LogP contribution in [0, 0.1) is 0 Å². The number of hydrogen-bond donors (Lipinski definition) is 1. The van der Waals surface area contributed by atoms with E-state index in [1.54, 1.807) is 67.8 Å². The van der Waals surface area contributed by atoms with Gasteiger partial charge in [-0.05, 0) is 54.6 Å². The Morgan fingerprint density at radius 2 is 1.34 bits per heavy atom. The van der Waals surface area contributed by atoms with E-state index in [4.69, 9.17) is 9.47 Å². The van der Waals surface area contributed by atoms with Gasteiger partial charge in [0.15, 0.2) is 0 Å². The third-order valence-electron chi connectivity index (χ3n) is 4.92. The lowest BCUT2D eigenvalue weighted by Gasteiger charge is -2.19. The molecule has 3 aromatic carbocycles. The molecule has 0 bridgehead atoms. The number of ether oxygens (including phenoxy) is 2. The molecule has 0 radical (unpaired) electrons. The molecule has 0 heterocycles. The van der Waals surface area contributed by atoms with Gasteiger partial charge in [-0.15, -0.1) is 0 Å². The second-order valence-corrected chi connectivity index (χ2v) is 8.52. The summed E-state index contributed by atoms with van der Waals surface area (Å²) < 4.78 is 40.2. The van der Waals surface area contributed by atoms with Crippen LogP contribution in [0.25, 0.3) is 0 Å². The fourth-order valence-electron chi connectivity index (χ4n) is 3.26. The third kappa shape index (κ3) is 4.26. The normalized spacial score (nSPS) is 14.5. The van der Waals surface area contributed by atoms with Crippen molar-refractivity contribution in [3.8, 4) is 11.5 Å². The Balaban J connectivity index is 1.76. The number of ketones is 1. The fraction of sp³-hybridized carbons (Fsp3) is 0.0833. The Morgan fingerprint density at radius 3 is 1.94 bits per heavy atom. The van der Waals surface area contributed by atoms with Gasteiger partial charge in [0.1, 0.15) is 11.5 Å². The van der Waals surface area contributed by atoms with Crippen LogP contribution < -0.4 is 14.8 Å². The molecule has 0 saturated carbocycles. The Hall–Kier alpha value is -3.91. The molecule has 32 heavy (non-hydrogen) atoms. The van der Waals surface area contributed by atoms with E-state index < -0.39 is 10.0 Å². The Labute approximate surface area is 186 Å². The minimum absolute atomic E-state index is 0.0262. The summed E-state index contributed by atoms with van der Waals surface area (Å²) in [7, 11) is -0.948. The van der Waals surface area contributed by atoms with Crippen LogP contribution in [0.2, 0.25) is 0 Å². The molecule has 8 heteroatoms. The van der Waals surface area contributed by atoms with Gasteiger partial charge in [-0.1, -0.05) is 24.3 Å². The fourth-order valence-corrected chi connectivity index (χ4v) is 4.25. The van der Waals surface area contributed by atoms with Crippen LogP contribution in [0.15, 0.2) is 93.9 Å². The number of carbonyl (C=O) groups is 1. The van der Waals surface area contributed by atoms with Crippen molar-refractivity contribution in [3.63, 3.8) is 0 Å². The Morgan fingerprint density at radius 1 is 0.781 bits per heavy atom. The van der Waals surface area contributed by atoms with Crippen molar-refractivity contribution in [2.24, 2.45) is 4.40 Å². The van der Waals surface area contributed by atoms with Crippen LogP contribution in [0.4, 0.5) is 5.69 Å². The number of methoxy groups -OCH3 is 2. The lowest BCUT2D eigenvalue weighted by molar-refractivity contribution is 0.103. The molecule has 4 rings (SSSR count). The summed E-state index contributed by atoms with van der Waals surface area (Å²) in [6.45, 7) is 0. The summed E-state index contributed by atoms with van der Waals surface area (Å²) in [5, 5.41) is 3.06. The lowest BCUT2D eigenvalue weighted by Crippen LogP contribution is -2.22. The smallest absolute Gasteiger partial charge is 0.282 e. The van der Waals surface area contributed by atoms with Crippen LogP contribution in [0.5, 0.6) is 11.5 Å². The molecule has 0 unspecified atom stereocenters. The molecule has 0 fully saturated rings. The van der Waals surface area contributed by atoms with Crippen LogP contribution in [-0.4, -0.2) is 34.1 Å². The van der Waals surface area contributed by atoms with Gasteiger partial charge in [0.25, 0.3) is 10.0 Å². The quantitative estimate of drug-likeness (QED) is 0.611. The first kappa shape index (κ1) is 21.3. The molecular weight excluding hydrogens is 428 g/mol. The number of sulfonamides is 1. The van der Waals surface area contributed by atoms with E-state index >= 15 is 0 Å². The summed E-state index contributed by atoms with van der Waals surface area (Å²) in [5.41, 5.74) is 1.87. The molecule has 0 aromatic heterocycles.